The van der Waals surface area contributed by atoms with Gasteiger partial charge in [0.2, 0.25) is 0 Å². The molecule has 0 saturated heterocycles. The van der Waals surface area contributed by atoms with Crippen LogP contribution in [0.5, 0.6) is 0 Å². The number of nitrogens with zero attached hydrogens (tertiary/aromatic N) is 1. The van der Waals surface area contributed by atoms with Crippen molar-refractivity contribution in [1.82, 2.24) is 5.32 Å². The van der Waals surface area contributed by atoms with E-state index in [1.807, 2.05) is 0 Å². The summed E-state index contributed by atoms with van der Waals surface area (Å²) in [6.45, 7) is 12.3. The molecule has 0 saturated carbocycles. The molecule has 0 bridgehead atoms. The Balaban J connectivity index is 2.25. The zero-order valence-electron chi connectivity index (χ0n) is 13.3. The lowest BCUT2D eigenvalue weighted by molar-refractivity contribution is 0.535. The first-order valence-corrected chi connectivity index (χ1v) is 7.50. The van der Waals surface area contributed by atoms with E-state index < -0.39 is 0 Å². The van der Waals surface area contributed by atoms with Crippen LogP contribution in [-0.4, -0.2) is 26.7 Å². The Morgan fingerprint density at radius 3 is 2.53 bits per heavy atom. The van der Waals surface area contributed by atoms with Crippen LogP contribution in [0.1, 0.15) is 37.8 Å². The summed E-state index contributed by atoms with van der Waals surface area (Å²) in [6.07, 6.45) is 2.50. The molecule has 0 spiro atoms. The second-order valence-corrected chi connectivity index (χ2v) is 6.02. The highest BCUT2D eigenvalue weighted by Crippen LogP contribution is 2.20. The summed E-state index contributed by atoms with van der Waals surface area (Å²) in [6, 6.07) is 6.70. The van der Waals surface area contributed by atoms with Gasteiger partial charge in [0, 0.05) is 19.3 Å². The summed E-state index contributed by atoms with van der Waals surface area (Å²) in [4.78, 5) is 2.37. The predicted molar refractivity (Wildman–Crippen MR) is 86.1 cm³/mol. The van der Waals surface area contributed by atoms with Gasteiger partial charge in [0.25, 0.3) is 0 Å². The van der Waals surface area contributed by atoms with Gasteiger partial charge in [0.05, 0.1) is 0 Å². The van der Waals surface area contributed by atoms with Crippen molar-refractivity contribution in [3.63, 3.8) is 0 Å². The number of rotatable bonds is 8. The molecule has 1 aromatic carbocycles. The van der Waals surface area contributed by atoms with Gasteiger partial charge >= 0.3 is 0 Å². The first-order chi connectivity index (χ1) is 9.00. The molecule has 0 aromatic heterocycles. The Kier molecular flexibility index (Phi) is 6.93. The topological polar surface area (TPSA) is 15.3 Å². The van der Waals surface area contributed by atoms with E-state index in [0.29, 0.717) is 0 Å². The molecular weight excluding hydrogens is 232 g/mol. The molecule has 1 aromatic rings. The highest BCUT2D eigenvalue weighted by atomic mass is 15.1. The minimum absolute atomic E-state index is 0.748. The van der Waals surface area contributed by atoms with Crippen LogP contribution in [0.3, 0.4) is 0 Å². The number of nitrogens with one attached hydrogen (secondary N) is 1. The third-order valence-corrected chi connectivity index (χ3v) is 3.41. The maximum atomic E-state index is 3.50. The highest BCUT2D eigenvalue weighted by Gasteiger charge is 2.04. The Bertz CT molecular complexity index is 372. The molecule has 108 valence electrons. The molecule has 0 amide bonds. The maximum Gasteiger partial charge on any atom is 0.0393 e. The van der Waals surface area contributed by atoms with Crippen molar-refractivity contribution < 1.29 is 0 Å². The minimum Gasteiger partial charge on any atom is -0.374 e. The van der Waals surface area contributed by atoms with E-state index in [-0.39, 0.29) is 0 Å². The molecule has 0 aliphatic rings. The lowest BCUT2D eigenvalue weighted by Crippen LogP contribution is -2.23. The lowest BCUT2D eigenvalue weighted by atomic mass is 10.1. The van der Waals surface area contributed by atoms with Gasteiger partial charge in [-0.15, -0.1) is 0 Å². The summed E-state index contributed by atoms with van der Waals surface area (Å²) in [5.41, 5.74) is 4.08. The third kappa shape index (κ3) is 6.11. The smallest absolute Gasteiger partial charge is 0.0393 e. The molecule has 1 N–H and O–H groups in total. The Morgan fingerprint density at radius 1 is 1.16 bits per heavy atom. The van der Waals surface area contributed by atoms with E-state index in [9.17, 15) is 0 Å². The summed E-state index contributed by atoms with van der Waals surface area (Å²) in [5, 5.41) is 3.50. The largest absolute Gasteiger partial charge is 0.374 e. The molecule has 0 aliphatic carbocycles. The number of unbranched alkanes of at least 4 members (excludes halogenated alkanes) is 1. The van der Waals surface area contributed by atoms with Gasteiger partial charge in [0.1, 0.15) is 0 Å². The summed E-state index contributed by atoms with van der Waals surface area (Å²) < 4.78 is 0. The summed E-state index contributed by atoms with van der Waals surface area (Å²) >= 11 is 0. The van der Waals surface area contributed by atoms with E-state index in [4.69, 9.17) is 0 Å². The summed E-state index contributed by atoms with van der Waals surface area (Å²) in [7, 11) is 2.19. The fourth-order valence-corrected chi connectivity index (χ4v) is 2.34. The van der Waals surface area contributed by atoms with E-state index in [0.717, 1.165) is 25.6 Å². The minimum atomic E-state index is 0.748. The average molecular weight is 262 g/mol. The molecule has 0 aliphatic heterocycles. The fourth-order valence-electron chi connectivity index (χ4n) is 2.34. The first kappa shape index (κ1) is 16.0. The van der Waals surface area contributed by atoms with Crippen molar-refractivity contribution in [2.24, 2.45) is 5.92 Å². The zero-order chi connectivity index (χ0) is 14.3. The molecule has 0 atom stereocenters. The van der Waals surface area contributed by atoms with Crippen molar-refractivity contribution in [3.05, 3.63) is 29.3 Å². The molecule has 2 nitrogen and oxygen atoms in total. The van der Waals surface area contributed by atoms with E-state index in [1.165, 1.54) is 29.7 Å². The van der Waals surface area contributed by atoms with Crippen LogP contribution >= 0.6 is 0 Å². The molecule has 1 rings (SSSR count). The monoisotopic (exact) mass is 262 g/mol. The molecule has 0 unspecified atom stereocenters. The molecule has 19 heavy (non-hydrogen) atoms. The predicted octanol–water partition coefficient (Wildman–Crippen LogP) is 3.77. The Morgan fingerprint density at radius 2 is 1.89 bits per heavy atom. The van der Waals surface area contributed by atoms with Gasteiger partial charge in [-0.1, -0.05) is 31.5 Å². The Hall–Kier alpha value is -1.02. The average Bonchev–Trinajstić information content (AvgIpc) is 2.32. The number of benzene rings is 1. The van der Waals surface area contributed by atoms with Gasteiger partial charge in [-0.25, -0.2) is 0 Å². The molecule has 0 heterocycles. The number of aryl methyl sites for hydroxylation is 2. The van der Waals surface area contributed by atoms with Crippen LogP contribution in [0.25, 0.3) is 0 Å². The van der Waals surface area contributed by atoms with E-state index in [1.54, 1.807) is 0 Å². The SMILES string of the molecule is Cc1ccc(N(C)CCCCNCC(C)C)c(C)c1. The number of anilines is 1. The molecule has 0 radical (unpaired) electrons. The number of hydrogen-bond acceptors (Lipinski definition) is 2. The van der Waals surface area contributed by atoms with Gasteiger partial charge in [0.15, 0.2) is 0 Å². The van der Waals surface area contributed by atoms with E-state index >= 15 is 0 Å². The first-order valence-electron chi connectivity index (χ1n) is 7.50. The molecule has 2 heteroatoms. The fraction of sp³-hybridized carbons (Fsp3) is 0.647. The van der Waals surface area contributed by atoms with Crippen molar-refractivity contribution >= 4 is 5.69 Å². The van der Waals surface area contributed by atoms with Gasteiger partial charge in [-0.3, -0.25) is 0 Å². The summed E-state index contributed by atoms with van der Waals surface area (Å²) in [5.74, 6) is 0.748. The zero-order valence-corrected chi connectivity index (χ0v) is 13.3. The molecular formula is C17H30N2. The number of hydrogen-bond donors (Lipinski definition) is 1. The van der Waals surface area contributed by atoms with Crippen LogP contribution in [0.4, 0.5) is 5.69 Å². The van der Waals surface area contributed by atoms with Crippen molar-refractivity contribution in [1.29, 1.82) is 0 Å². The quantitative estimate of drug-likeness (QED) is 0.718. The second-order valence-electron chi connectivity index (χ2n) is 6.02. The van der Waals surface area contributed by atoms with Crippen LogP contribution in [0.15, 0.2) is 18.2 Å². The van der Waals surface area contributed by atoms with Crippen LogP contribution in [0, 0.1) is 19.8 Å². The third-order valence-electron chi connectivity index (χ3n) is 3.41. The van der Waals surface area contributed by atoms with Crippen LogP contribution in [-0.2, 0) is 0 Å². The van der Waals surface area contributed by atoms with Crippen molar-refractivity contribution in [2.45, 2.75) is 40.5 Å². The standard InChI is InChI=1S/C17H30N2/c1-14(2)13-18-10-6-7-11-19(5)17-9-8-15(3)12-16(17)4/h8-9,12,14,18H,6-7,10-11,13H2,1-5H3. The van der Waals surface area contributed by atoms with Crippen molar-refractivity contribution in [2.75, 3.05) is 31.6 Å². The normalized spacial score (nSPS) is 11.1. The van der Waals surface area contributed by atoms with E-state index in [2.05, 4.69) is 63.2 Å². The van der Waals surface area contributed by atoms with Crippen molar-refractivity contribution in [3.8, 4) is 0 Å². The Labute approximate surface area is 119 Å². The van der Waals surface area contributed by atoms with Crippen LogP contribution in [0.2, 0.25) is 0 Å². The van der Waals surface area contributed by atoms with Crippen LogP contribution < -0.4 is 10.2 Å². The second kappa shape index (κ2) is 8.21. The molecule has 0 fully saturated rings. The maximum absolute atomic E-state index is 3.50. The highest BCUT2D eigenvalue weighted by molar-refractivity contribution is 5.53. The van der Waals surface area contributed by atoms with Gasteiger partial charge in [-0.2, -0.15) is 0 Å². The van der Waals surface area contributed by atoms with Gasteiger partial charge < -0.3 is 10.2 Å². The van der Waals surface area contributed by atoms with Gasteiger partial charge in [-0.05, 0) is 57.3 Å². The lowest BCUT2D eigenvalue weighted by Gasteiger charge is -2.21.